The summed E-state index contributed by atoms with van der Waals surface area (Å²) in [6, 6.07) is 14.1. The smallest absolute Gasteiger partial charge is 0.559 e. The fraction of sp³-hybridized carbons (Fsp3) is 0.294. The molecule has 6 rings (SSSR count). The van der Waals surface area contributed by atoms with Gasteiger partial charge in [-0.1, -0.05) is 87.7 Å². The van der Waals surface area contributed by atoms with E-state index in [-0.39, 0.29) is 228 Å². The normalized spacial score (nSPS) is 11.5. The van der Waals surface area contributed by atoms with E-state index in [0.29, 0.717) is 64.6 Å². The summed E-state index contributed by atoms with van der Waals surface area (Å²) in [7, 11) is 0. The maximum Gasteiger partial charge on any atom is 1.00 e. The third kappa shape index (κ3) is 14.7. The second kappa shape index (κ2) is 25.2. The van der Waals surface area contributed by atoms with Gasteiger partial charge in [-0.2, -0.15) is 46.6 Å². The van der Waals surface area contributed by atoms with E-state index < -0.39 is 22.8 Å². The fourth-order valence-electron chi connectivity index (χ4n) is 4.89. The second-order valence-electron chi connectivity index (χ2n) is 13.8. The van der Waals surface area contributed by atoms with E-state index in [2.05, 4.69) is 63.2 Å². The molecule has 26 heteroatoms. The number of hydrogen-bond acceptors (Lipinski definition) is 20. The van der Waals surface area contributed by atoms with Crippen LogP contribution < -0.4 is 227 Å². The van der Waals surface area contributed by atoms with Gasteiger partial charge in [-0.05, 0) is 11.4 Å². The maximum absolute atomic E-state index is 11.4. The molecule has 0 atom stereocenters. The molecule has 0 spiro atoms. The standard InChI is InChI=1S/C34H34N14O4S4.4K/c1-33(2,3)23-21(25(35)47(45-23)19-11-7-9-17(15-19)27(49)50)37-39-29-41-43-31(55-29)53-13-14-54-32-44-42-30(56-32)40-38-22-24(34(4,5)6)46-48(26(22)36)20-12-8-10-18(16-20)28(51)52;;;;/h9-12,15-16H,13-14,35-36H2,1-6H3,(H,49,50)(H,51,52);;;;/q-2;4*+1/p-2. The number of aromatic carboxylic acids is 2. The van der Waals surface area contributed by atoms with Crippen LogP contribution in [0.4, 0.5) is 33.3 Å². The Kier molecular flexibility index (Phi) is 24.0. The summed E-state index contributed by atoms with van der Waals surface area (Å²) >= 11 is 5.53. The van der Waals surface area contributed by atoms with Crippen molar-refractivity contribution in [2.24, 2.45) is 20.5 Å². The van der Waals surface area contributed by atoms with Crippen molar-refractivity contribution in [3.63, 3.8) is 0 Å². The molecular formula is C34H32K4N14O4S4. The number of aromatic nitrogens is 8. The van der Waals surface area contributed by atoms with Crippen LogP contribution in [0.5, 0.6) is 0 Å². The first kappa shape index (κ1) is 57.1. The number of carbonyl (C=O) groups excluding carboxylic acids is 2. The number of carboxylic acid groups (broad SMARTS) is 2. The Hall–Kier alpha value is 0.965. The van der Waals surface area contributed by atoms with Crippen molar-refractivity contribution in [3.05, 3.63) is 71.0 Å². The Bertz CT molecular complexity index is 2320. The van der Waals surface area contributed by atoms with Gasteiger partial charge in [-0.3, -0.25) is 9.36 Å². The Balaban J connectivity index is 0.00000310. The predicted molar refractivity (Wildman–Crippen MR) is 209 cm³/mol. The quantitative estimate of drug-likeness (QED) is 0.0359. The van der Waals surface area contributed by atoms with Crippen molar-refractivity contribution in [1.29, 1.82) is 0 Å². The molecule has 0 saturated heterocycles. The molecule has 60 heavy (non-hydrogen) atoms. The molecular weight excluding hydrogens is 953 g/mol. The van der Waals surface area contributed by atoms with Crippen molar-refractivity contribution < 1.29 is 225 Å². The molecule has 290 valence electrons. The number of rotatable bonds is 13. The molecule has 0 saturated carbocycles. The van der Waals surface area contributed by atoms with Gasteiger partial charge in [0.25, 0.3) is 10.3 Å². The summed E-state index contributed by atoms with van der Waals surface area (Å²) in [5, 5.41) is 66.7. The van der Waals surface area contributed by atoms with Crippen molar-refractivity contribution in [1.82, 2.24) is 40.0 Å². The molecule has 2 aromatic carbocycles. The second-order valence-corrected chi connectivity index (χ2v) is 18.4. The molecule has 0 amide bonds. The summed E-state index contributed by atoms with van der Waals surface area (Å²) in [6.07, 6.45) is 0. The van der Waals surface area contributed by atoms with E-state index >= 15 is 0 Å². The number of carboxylic acids is 2. The number of azo groups is 2. The van der Waals surface area contributed by atoms with E-state index in [1.807, 2.05) is 41.5 Å². The van der Waals surface area contributed by atoms with E-state index in [0.717, 1.165) is 0 Å². The number of carbonyl (C=O) groups is 2. The Morgan fingerprint density at radius 2 is 1.02 bits per heavy atom. The summed E-state index contributed by atoms with van der Waals surface area (Å²) in [5.74, 6) is -0.964. The molecule has 0 aliphatic heterocycles. The Morgan fingerprint density at radius 3 is 1.35 bits per heavy atom. The van der Waals surface area contributed by atoms with E-state index in [9.17, 15) is 19.8 Å². The van der Waals surface area contributed by atoms with Gasteiger partial charge in [0.15, 0.2) is 20.1 Å². The molecule has 0 aliphatic carbocycles. The largest absolute Gasteiger partial charge is 1.00 e. The van der Waals surface area contributed by atoms with E-state index in [4.69, 9.17) is 11.5 Å². The third-order valence-corrected chi connectivity index (χ3v) is 11.7. The molecule has 0 aliphatic rings. The summed E-state index contributed by atoms with van der Waals surface area (Å²) in [6.45, 7) is 11.7. The first-order valence-corrected chi connectivity index (χ1v) is 20.1. The molecule has 4 N–H and O–H groups in total. The van der Waals surface area contributed by atoms with E-state index in [1.165, 1.54) is 79.8 Å². The number of hydrogen-bond donors (Lipinski definition) is 2. The van der Waals surface area contributed by atoms with Crippen LogP contribution in [0, 0.1) is 12.1 Å². The zero-order valence-corrected chi connectivity index (χ0v) is 50.4. The average Bonchev–Trinajstić information content (AvgIpc) is 3.94. The van der Waals surface area contributed by atoms with Gasteiger partial charge in [0.05, 0.1) is 11.4 Å². The minimum Gasteiger partial charge on any atom is -0.559 e. The van der Waals surface area contributed by atoms with Crippen LogP contribution in [0.1, 0.15) is 73.6 Å². The van der Waals surface area contributed by atoms with Crippen LogP contribution in [0.15, 0.2) is 65.5 Å². The Morgan fingerprint density at radius 1 is 0.650 bits per heavy atom. The van der Waals surface area contributed by atoms with Gasteiger partial charge >= 0.3 is 206 Å². The first-order valence-electron chi connectivity index (χ1n) is 16.5. The van der Waals surface area contributed by atoms with Gasteiger partial charge in [0.2, 0.25) is 0 Å². The summed E-state index contributed by atoms with van der Waals surface area (Å²) < 4.78 is 4.19. The number of anilines is 2. The monoisotopic (exact) mass is 984 g/mol. The maximum atomic E-state index is 11.4. The average molecular weight is 985 g/mol. The molecule has 4 heterocycles. The number of nitrogen functional groups attached to an aromatic ring is 2. The number of benzene rings is 2. The minimum atomic E-state index is -1.34. The van der Waals surface area contributed by atoms with Crippen LogP contribution in [-0.4, -0.2) is 63.4 Å². The van der Waals surface area contributed by atoms with Crippen LogP contribution in [0.25, 0.3) is 11.4 Å². The van der Waals surface area contributed by atoms with Gasteiger partial charge in [-0.25, -0.2) is 0 Å². The van der Waals surface area contributed by atoms with Crippen molar-refractivity contribution in [3.8, 4) is 11.4 Å². The first-order chi connectivity index (χ1) is 26.5. The van der Waals surface area contributed by atoms with Gasteiger partial charge in [0.1, 0.15) is 11.6 Å². The minimum absolute atomic E-state index is 0. The number of nitrogens with two attached hydrogens (primary N) is 2. The third-order valence-electron chi connectivity index (χ3n) is 7.52. The SMILES string of the molecule is CC(C)(C)c1nn(-c2c[c-]cc(C(=O)[O-])c2)c(N)c1N=Nc1nnc(SCCSc2nnc(N=Nc3c(C(C)(C)C)nn(-c4c[c-]cc(C(=O)[O-])c4)c3N)s2)s1.[K+].[K+].[K+].[K+]. The number of thioether (sulfide) groups is 2. The van der Waals surface area contributed by atoms with Gasteiger partial charge < -0.3 is 31.3 Å². The fourth-order valence-corrected chi connectivity index (χ4v) is 8.33. The van der Waals surface area contributed by atoms with Crippen LogP contribution in [0.3, 0.4) is 0 Å². The summed E-state index contributed by atoms with van der Waals surface area (Å²) in [5.41, 5.74) is 14.4. The van der Waals surface area contributed by atoms with Gasteiger partial charge in [-0.15, -0.1) is 64.1 Å². The predicted octanol–water partition coefficient (Wildman–Crippen LogP) is -6.42. The van der Waals surface area contributed by atoms with Crippen LogP contribution in [-0.2, 0) is 10.8 Å². The zero-order valence-electron chi connectivity index (χ0n) is 34.7. The Labute approximate surface area is 532 Å². The molecule has 0 unspecified atom stereocenters. The molecule has 4 aromatic heterocycles. The van der Waals surface area contributed by atoms with Crippen molar-refractivity contribution in [2.75, 3.05) is 23.0 Å². The number of nitrogens with zero attached hydrogens (tertiary/aromatic N) is 12. The summed E-state index contributed by atoms with van der Waals surface area (Å²) in [4.78, 5) is 22.8. The van der Waals surface area contributed by atoms with Crippen molar-refractivity contribution >= 4 is 91.4 Å². The van der Waals surface area contributed by atoms with Gasteiger partial charge in [0, 0.05) is 34.3 Å². The topological polar surface area (TPSA) is 269 Å². The molecule has 6 aromatic rings. The van der Waals surface area contributed by atoms with E-state index in [1.54, 1.807) is 12.1 Å². The van der Waals surface area contributed by atoms with Crippen molar-refractivity contribution in [2.45, 2.75) is 61.1 Å². The van der Waals surface area contributed by atoms with Crippen LogP contribution >= 0.6 is 46.2 Å². The molecule has 18 nitrogen and oxygen atoms in total. The molecule has 0 bridgehead atoms. The molecule has 0 fully saturated rings. The molecule has 0 radical (unpaired) electrons. The van der Waals surface area contributed by atoms with Crippen LogP contribution in [0.2, 0.25) is 0 Å². The zero-order chi connectivity index (χ0) is 40.4.